The van der Waals surface area contributed by atoms with E-state index in [0.717, 1.165) is 0 Å². The quantitative estimate of drug-likeness (QED) is 0.312. The molecule has 0 fully saturated rings. The van der Waals surface area contributed by atoms with E-state index >= 15 is 0 Å². The Morgan fingerprint density at radius 3 is 0.806 bits per heavy atom. The molecule has 3 heterocycles. The normalized spacial score (nSPS) is 9.77. The molecule has 0 bridgehead atoms. The van der Waals surface area contributed by atoms with Crippen LogP contribution < -0.4 is 64.9 Å². The molecule has 0 amide bonds. The van der Waals surface area contributed by atoms with Crippen LogP contribution in [0.2, 0.25) is 0 Å². The number of hydrogen-bond acceptors (Lipinski definition) is 3. The van der Waals surface area contributed by atoms with Crippen LogP contribution in [-0.2, 0) is 0 Å². The summed E-state index contributed by atoms with van der Waals surface area (Å²) in [5.41, 5.74) is 3.56. The fourth-order valence-corrected chi connectivity index (χ4v) is 4.67. The highest BCUT2D eigenvalue weighted by Gasteiger charge is 2.47. The van der Waals surface area contributed by atoms with Crippen molar-refractivity contribution in [3.05, 3.63) is 73.6 Å². The second kappa shape index (κ2) is 12.9. The molecular weight excluding hydrogens is 474 g/mol. The van der Waals surface area contributed by atoms with Gasteiger partial charge in [-0.2, -0.15) is 0 Å². The second-order valence-electron chi connectivity index (χ2n) is 7.26. The maximum absolute atomic E-state index is 2.27. The number of hydrogen-bond donors (Lipinski definition) is 0. The van der Waals surface area contributed by atoms with Crippen molar-refractivity contribution in [2.45, 2.75) is 0 Å². The van der Waals surface area contributed by atoms with Crippen LogP contribution in [0.1, 0.15) is 0 Å². The highest BCUT2D eigenvalue weighted by atomic mass is 35.5. The fraction of sp³-hybridized carbons (Fsp3) is 0.286. The molecule has 0 saturated carbocycles. The van der Waals surface area contributed by atoms with Gasteiger partial charge in [0.15, 0.2) is 37.2 Å². The number of halogens is 3. The predicted molar refractivity (Wildman–Crippen MR) is 116 cm³/mol. The van der Waals surface area contributed by atoms with Gasteiger partial charge in [0, 0.05) is 95.7 Å². The lowest BCUT2D eigenvalue weighted by Crippen LogP contribution is -3.00. The molecule has 0 atom stereocenters. The molecule has 3 rings (SSSR count). The van der Waals surface area contributed by atoms with Crippen molar-refractivity contribution >= 4 is 25.4 Å². The molecule has 170 valence electrons. The summed E-state index contributed by atoms with van der Waals surface area (Å²) in [6.45, 7) is 0. The fourth-order valence-electron chi connectivity index (χ4n) is 2.84. The standard InChI is InChI=1S/C21H30N6P.3ClH/c1-22(2)19-7-13-25(14-8-19)28(26-15-9-20(10-16-26)23(3)4)27-17-11-21(12-18-27)24(5)6;;;/h7-18H,1-6H3;3*1H/q+3;;;/p-3. The molecule has 3 aromatic rings. The first-order chi connectivity index (χ1) is 13.4. The Kier molecular flexibility index (Phi) is 12.1. The monoisotopic (exact) mass is 502 g/mol. The average molecular weight is 504 g/mol. The largest absolute Gasteiger partial charge is 1.00 e. The molecule has 10 heteroatoms. The van der Waals surface area contributed by atoms with Gasteiger partial charge >= 0.3 is 8.37 Å². The summed E-state index contributed by atoms with van der Waals surface area (Å²) >= 11 is 0. The number of aromatic nitrogens is 3. The van der Waals surface area contributed by atoms with Gasteiger partial charge in [0.05, 0.1) is 0 Å². The highest BCUT2D eigenvalue weighted by molar-refractivity contribution is 7.35. The van der Waals surface area contributed by atoms with E-state index < -0.39 is 8.37 Å². The first-order valence-electron chi connectivity index (χ1n) is 9.24. The number of nitrogens with zero attached hydrogens (tertiary/aromatic N) is 6. The zero-order chi connectivity index (χ0) is 20.3. The third kappa shape index (κ3) is 7.08. The SMILES string of the molecule is CN(C)c1cc[n+](P([n+]2ccc(N(C)C)cc2)[n+]2ccc(N(C)C)cc2)cc1.[Cl-].[Cl-].[Cl-]. The number of rotatable bonds is 6. The lowest BCUT2D eigenvalue weighted by molar-refractivity contribution is -0.732. The summed E-state index contributed by atoms with van der Waals surface area (Å²) in [7, 11) is 11.5. The Morgan fingerprint density at radius 2 is 0.645 bits per heavy atom. The topological polar surface area (TPSA) is 21.4 Å². The van der Waals surface area contributed by atoms with Gasteiger partial charge in [0.25, 0.3) is 0 Å². The van der Waals surface area contributed by atoms with Gasteiger partial charge in [-0.3, -0.25) is 0 Å². The van der Waals surface area contributed by atoms with Crippen LogP contribution in [0.15, 0.2) is 73.6 Å². The third-order valence-corrected chi connectivity index (χ3v) is 6.60. The summed E-state index contributed by atoms with van der Waals surface area (Å²) in [4.78, 5) is 6.35. The zero-order valence-electron chi connectivity index (χ0n) is 18.7. The average Bonchev–Trinajstić information content (AvgIpc) is 2.69. The van der Waals surface area contributed by atoms with Gasteiger partial charge in [-0.05, 0) is 0 Å². The first kappa shape index (κ1) is 29.1. The minimum Gasteiger partial charge on any atom is -1.00 e. The predicted octanol–water partition coefficient (Wildman–Crippen LogP) is -7.07. The van der Waals surface area contributed by atoms with Crippen molar-refractivity contribution in [1.82, 2.24) is 0 Å². The van der Waals surface area contributed by atoms with E-state index in [1.807, 2.05) is 0 Å². The Labute approximate surface area is 205 Å². The molecular formula is C21H30Cl3N6P. The van der Waals surface area contributed by atoms with Gasteiger partial charge < -0.3 is 51.9 Å². The summed E-state index contributed by atoms with van der Waals surface area (Å²) in [6, 6.07) is 12.9. The van der Waals surface area contributed by atoms with E-state index in [1.165, 1.54) is 17.1 Å². The van der Waals surface area contributed by atoms with Crippen LogP contribution in [0.5, 0.6) is 0 Å². The summed E-state index contributed by atoms with van der Waals surface area (Å²) in [6.07, 6.45) is 12.9. The highest BCUT2D eigenvalue weighted by Crippen LogP contribution is 2.20. The molecule has 6 nitrogen and oxygen atoms in total. The zero-order valence-corrected chi connectivity index (χ0v) is 21.9. The molecule has 0 spiro atoms. The van der Waals surface area contributed by atoms with Crippen LogP contribution in [-0.4, -0.2) is 42.3 Å². The smallest absolute Gasteiger partial charge is 0.816 e. The van der Waals surface area contributed by atoms with E-state index in [9.17, 15) is 0 Å². The van der Waals surface area contributed by atoms with Gasteiger partial charge in [-0.15, -0.1) is 0 Å². The Balaban J connectivity index is 0.00000300. The van der Waals surface area contributed by atoms with Crippen molar-refractivity contribution in [1.29, 1.82) is 0 Å². The number of pyridine rings is 3. The van der Waals surface area contributed by atoms with E-state index in [2.05, 4.69) is 144 Å². The van der Waals surface area contributed by atoms with Crippen molar-refractivity contribution in [2.24, 2.45) is 0 Å². The van der Waals surface area contributed by atoms with E-state index in [4.69, 9.17) is 0 Å². The molecule has 0 aliphatic rings. The Hall–Kier alpha value is -1.85. The van der Waals surface area contributed by atoms with Crippen molar-refractivity contribution in [3.8, 4) is 0 Å². The second-order valence-corrected chi connectivity index (χ2v) is 9.18. The van der Waals surface area contributed by atoms with E-state index in [-0.39, 0.29) is 37.2 Å². The van der Waals surface area contributed by atoms with Crippen molar-refractivity contribution < 1.29 is 50.2 Å². The van der Waals surface area contributed by atoms with Gasteiger partial charge in [0.1, 0.15) is 0 Å². The lowest BCUT2D eigenvalue weighted by atomic mass is 10.4. The van der Waals surface area contributed by atoms with Crippen LogP contribution >= 0.6 is 8.37 Å². The molecule has 31 heavy (non-hydrogen) atoms. The summed E-state index contributed by atoms with van der Waals surface area (Å²) in [5.74, 6) is 0. The minimum atomic E-state index is -0.847. The van der Waals surface area contributed by atoms with Crippen LogP contribution in [0, 0.1) is 0 Å². The molecule has 0 N–H and O–H groups in total. The summed E-state index contributed by atoms with van der Waals surface area (Å²) in [5, 5.41) is 0. The molecule has 0 unspecified atom stereocenters. The van der Waals surface area contributed by atoms with Crippen molar-refractivity contribution in [3.63, 3.8) is 0 Å². The third-order valence-electron chi connectivity index (χ3n) is 4.56. The Bertz CT molecular complexity index is 781. The minimum absolute atomic E-state index is 0. The molecule has 0 aromatic carbocycles. The maximum Gasteiger partial charge on any atom is 0.816 e. The van der Waals surface area contributed by atoms with Crippen LogP contribution in [0.3, 0.4) is 0 Å². The van der Waals surface area contributed by atoms with Gasteiger partial charge in [-0.1, -0.05) is 13.0 Å². The van der Waals surface area contributed by atoms with Crippen LogP contribution in [0.25, 0.3) is 0 Å². The molecule has 0 radical (unpaired) electrons. The van der Waals surface area contributed by atoms with Gasteiger partial charge in [0.2, 0.25) is 0 Å². The number of anilines is 3. The van der Waals surface area contributed by atoms with Crippen molar-refractivity contribution in [2.75, 3.05) is 57.0 Å². The lowest BCUT2D eigenvalue weighted by Gasteiger charge is -2.11. The molecule has 3 aromatic heterocycles. The Morgan fingerprint density at radius 1 is 0.452 bits per heavy atom. The van der Waals surface area contributed by atoms with E-state index in [0.29, 0.717) is 0 Å². The molecule has 0 aliphatic carbocycles. The molecule has 0 aliphatic heterocycles. The first-order valence-corrected chi connectivity index (χ1v) is 10.4. The van der Waals surface area contributed by atoms with Crippen LogP contribution in [0.4, 0.5) is 17.1 Å². The molecule has 0 saturated heterocycles. The summed E-state index contributed by atoms with van der Waals surface area (Å²) < 4.78 is 6.81. The van der Waals surface area contributed by atoms with Gasteiger partial charge in [-0.25, -0.2) is 0 Å². The van der Waals surface area contributed by atoms with E-state index in [1.54, 1.807) is 0 Å². The maximum atomic E-state index is 2.27.